The molecule has 0 saturated carbocycles. The van der Waals surface area contributed by atoms with Crippen molar-refractivity contribution in [1.82, 2.24) is 19.6 Å². The van der Waals surface area contributed by atoms with E-state index < -0.39 is 29.8 Å². The van der Waals surface area contributed by atoms with Crippen molar-refractivity contribution in [1.29, 1.82) is 0 Å². The van der Waals surface area contributed by atoms with Crippen LogP contribution in [-0.2, 0) is 25.6 Å². The van der Waals surface area contributed by atoms with Gasteiger partial charge in [0.1, 0.15) is 18.2 Å². The average molecular weight is 503 g/mol. The van der Waals surface area contributed by atoms with E-state index in [2.05, 4.69) is 0 Å². The van der Waals surface area contributed by atoms with Crippen LogP contribution >= 0.6 is 0 Å². The lowest BCUT2D eigenvalue weighted by Crippen LogP contribution is -2.54. The molecule has 196 valence electrons. The molecule has 3 aliphatic rings. The predicted octanol–water partition coefficient (Wildman–Crippen LogP) is 2.30. The topological polar surface area (TPSA) is 109 Å². The Balaban J connectivity index is 1.41. The number of rotatable bonds is 4. The Morgan fingerprint density at radius 1 is 0.944 bits per heavy atom. The van der Waals surface area contributed by atoms with Gasteiger partial charge in [0.25, 0.3) is 0 Å². The fourth-order valence-electron chi connectivity index (χ4n) is 4.93. The Bertz CT molecular complexity index is 996. The maximum absolute atomic E-state index is 13.2. The van der Waals surface area contributed by atoms with E-state index in [1.165, 1.54) is 12.0 Å². The first-order chi connectivity index (χ1) is 17.1. The van der Waals surface area contributed by atoms with Gasteiger partial charge < -0.3 is 28.9 Å². The number of nitrogens with zero attached hydrogens (tertiary/aromatic N) is 4. The number of hydrogen-bond acceptors (Lipinski definition) is 7. The van der Waals surface area contributed by atoms with Crippen LogP contribution in [0.3, 0.4) is 0 Å². The molecule has 1 unspecified atom stereocenters. The quantitative estimate of drug-likeness (QED) is 0.459. The summed E-state index contributed by atoms with van der Waals surface area (Å²) in [5.41, 5.74) is 0.231. The highest BCUT2D eigenvalue weighted by molar-refractivity contribution is 5.83. The molecule has 3 aliphatic heterocycles. The largest absolute Gasteiger partial charge is 0.467 e. The summed E-state index contributed by atoms with van der Waals surface area (Å²) >= 11 is 0. The van der Waals surface area contributed by atoms with Crippen LogP contribution in [0.1, 0.15) is 32.8 Å². The molecule has 0 N–H and O–H groups in total. The third kappa shape index (κ3) is 5.50. The second-order valence-electron chi connectivity index (χ2n) is 10.3. The zero-order valence-electron chi connectivity index (χ0n) is 21.2. The predicted molar refractivity (Wildman–Crippen MR) is 128 cm³/mol. The van der Waals surface area contributed by atoms with Gasteiger partial charge in [0.05, 0.1) is 19.2 Å². The Morgan fingerprint density at radius 3 is 2.33 bits per heavy atom. The number of hydrogen-bond donors (Lipinski definition) is 0. The number of piperazine rings is 1. The van der Waals surface area contributed by atoms with Gasteiger partial charge in [-0.25, -0.2) is 19.2 Å². The lowest BCUT2D eigenvalue weighted by molar-refractivity contribution is -0.145. The number of carbonyl (C=O) groups is 4. The van der Waals surface area contributed by atoms with E-state index >= 15 is 0 Å². The number of methoxy groups -OCH3 is 1. The van der Waals surface area contributed by atoms with Gasteiger partial charge >= 0.3 is 24.2 Å². The second kappa shape index (κ2) is 10.2. The molecular weight excluding hydrogens is 468 g/mol. The van der Waals surface area contributed by atoms with Crippen LogP contribution in [-0.4, -0.2) is 107 Å². The van der Waals surface area contributed by atoms with Crippen molar-refractivity contribution in [3.8, 4) is 0 Å². The van der Waals surface area contributed by atoms with E-state index in [0.717, 1.165) is 5.56 Å². The molecule has 4 rings (SSSR count). The first-order valence-electron chi connectivity index (χ1n) is 12.2. The van der Waals surface area contributed by atoms with Gasteiger partial charge in [0.2, 0.25) is 0 Å². The summed E-state index contributed by atoms with van der Waals surface area (Å²) in [7, 11) is 1.27. The summed E-state index contributed by atoms with van der Waals surface area (Å²) in [4.78, 5) is 57.6. The maximum atomic E-state index is 13.2. The monoisotopic (exact) mass is 502 g/mol. The van der Waals surface area contributed by atoms with Crippen LogP contribution in [0.25, 0.3) is 0 Å². The number of benzene rings is 1. The van der Waals surface area contributed by atoms with Crippen molar-refractivity contribution in [3.05, 3.63) is 35.9 Å². The van der Waals surface area contributed by atoms with Crippen LogP contribution < -0.4 is 0 Å². The molecule has 3 fully saturated rings. The molecule has 0 radical (unpaired) electrons. The number of carbonyl (C=O) groups excluding carboxylic acids is 4. The Hall–Kier alpha value is -3.50. The maximum Gasteiger partial charge on any atom is 0.410 e. The van der Waals surface area contributed by atoms with Crippen molar-refractivity contribution in [2.24, 2.45) is 0 Å². The molecule has 3 heterocycles. The standard InChI is InChI=1S/C25H34N4O7/c1-25(2,3)36-23(32)26-10-11-27-19(13-26)15-28(22(27)31)18-12-20(21(30)34-4)29(14-18)24(33)35-16-17-8-6-5-7-9-17/h5-9,18-20H,10-16H2,1-4H3/t18-,19?,20-/m1/s1. The molecule has 1 aromatic rings. The van der Waals surface area contributed by atoms with E-state index in [1.54, 1.807) is 14.7 Å². The number of fused-ring (bicyclic) bond motifs is 1. The lowest BCUT2D eigenvalue weighted by atomic mass is 10.1. The summed E-state index contributed by atoms with van der Waals surface area (Å²) in [5, 5.41) is 0. The molecule has 3 atom stereocenters. The minimum Gasteiger partial charge on any atom is -0.467 e. The van der Waals surface area contributed by atoms with E-state index in [0.29, 0.717) is 26.2 Å². The molecule has 1 aromatic carbocycles. The summed E-state index contributed by atoms with van der Waals surface area (Å²) in [6.07, 6.45) is -0.765. The van der Waals surface area contributed by atoms with Crippen molar-refractivity contribution in [3.63, 3.8) is 0 Å². The van der Waals surface area contributed by atoms with Crippen molar-refractivity contribution < 1.29 is 33.4 Å². The summed E-state index contributed by atoms with van der Waals surface area (Å²) in [5.74, 6) is -0.547. The second-order valence-corrected chi connectivity index (χ2v) is 10.3. The number of esters is 1. The van der Waals surface area contributed by atoms with Crippen LogP contribution in [0.5, 0.6) is 0 Å². The molecule has 0 aromatic heterocycles. The van der Waals surface area contributed by atoms with E-state index in [9.17, 15) is 19.2 Å². The molecule has 3 saturated heterocycles. The van der Waals surface area contributed by atoms with Gasteiger partial charge in [-0.2, -0.15) is 0 Å². The lowest BCUT2D eigenvalue weighted by Gasteiger charge is -2.37. The fourth-order valence-corrected chi connectivity index (χ4v) is 4.93. The summed E-state index contributed by atoms with van der Waals surface area (Å²) in [6.45, 7) is 7.23. The average Bonchev–Trinajstić information content (AvgIpc) is 3.43. The van der Waals surface area contributed by atoms with Gasteiger partial charge in [-0.3, -0.25) is 4.90 Å². The molecular formula is C25H34N4O7. The molecule has 36 heavy (non-hydrogen) atoms. The molecule has 11 heteroatoms. The summed E-state index contributed by atoms with van der Waals surface area (Å²) in [6, 6.07) is 7.71. The van der Waals surface area contributed by atoms with Crippen molar-refractivity contribution in [2.75, 3.05) is 39.8 Å². The van der Waals surface area contributed by atoms with Crippen LogP contribution in [0.15, 0.2) is 30.3 Å². The van der Waals surface area contributed by atoms with Gasteiger partial charge in [-0.05, 0) is 26.3 Å². The van der Waals surface area contributed by atoms with Crippen LogP contribution in [0, 0.1) is 0 Å². The Kier molecular flexibility index (Phi) is 7.28. The minimum absolute atomic E-state index is 0.0771. The highest BCUT2D eigenvalue weighted by atomic mass is 16.6. The first kappa shape index (κ1) is 25.6. The molecule has 0 bridgehead atoms. The zero-order chi connectivity index (χ0) is 26.0. The van der Waals surface area contributed by atoms with Gasteiger partial charge in [0.15, 0.2) is 0 Å². The zero-order valence-corrected chi connectivity index (χ0v) is 21.2. The van der Waals surface area contributed by atoms with Crippen molar-refractivity contribution in [2.45, 2.75) is 57.5 Å². The smallest absolute Gasteiger partial charge is 0.410 e. The Labute approximate surface area is 210 Å². The molecule has 0 spiro atoms. The van der Waals surface area contributed by atoms with Crippen LogP contribution in [0.4, 0.5) is 14.4 Å². The van der Waals surface area contributed by atoms with Crippen molar-refractivity contribution >= 4 is 24.2 Å². The SMILES string of the molecule is COC(=O)[C@H]1C[C@@H](N2CC3CN(C(=O)OC(C)(C)C)CCN3C2=O)CN1C(=O)OCc1ccccc1. The third-order valence-corrected chi connectivity index (χ3v) is 6.67. The van der Waals surface area contributed by atoms with Crippen LogP contribution in [0.2, 0.25) is 0 Å². The Morgan fingerprint density at radius 2 is 1.67 bits per heavy atom. The van der Waals surface area contributed by atoms with Gasteiger partial charge in [-0.15, -0.1) is 0 Å². The fraction of sp³-hybridized carbons (Fsp3) is 0.600. The van der Waals surface area contributed by atoms with E-state index in [-0.39, 0.29) is 37.7 Å². The number of urea groups is 1. The van der Waals surface area contributed by atoms with E-state index in [1.807, 2.05) is 51.1 Å². The first-order valence-corrected chi connectivity index (χ1v) is 12.2. The molecule has 0 aliphatic carbocycles. The van der Waals surface area contributed by atoms with E-state index in [4.69, 9.17) is 14.2 Å². The normalized spacial score (nSPS) is 24.0. The highest BCUT2D eigenvalue weighted by Crippen LogP contribution is 2.30. The summed E-state index contributed by atoms with van der Waals surface area (Å²) < 4.78 is 15.9. The third-order valence-electron chi connectivity index (χ3n) is 6.67. The molecule has 4 amide bonds. The number of ether oxygens (including phenoxy) is 3. The molecule has 11 nitrogen and oxygen atoms in total. The number of likely N-dealkylation sites (tertiary alicyclic amines) is 1. The van der Waals surface area contributed by atoms with Gasteiger partial charge in [0, 0.05) is 39.1 Å². The highest BCUT2D eigenvalue weighted by Gasteiger charge is 2.50. The minimum atomic E-state index is -0.841. The van der Waals surface area contributed by atoms with Gasteiger partial charge in [-0.1, -0.05) is 30.3 Å². The number of amides is 4.